The SMILES string of the molecule is CCNC(=NCC1CCOCC1)N1CCN(c2nc(CC)ns2)CC1.I. The minimum atomic E-state index is 0. The van der Waals surface area contributed by atoms with Crippen molar-refractivity contribution in [2.24, 2.45) is 10.9 Å². The van der Waals surface area contributed by atoms with Crippen LogP contribution in [0.3, 0.4) is 0 Å². The minimum absolute atomic E-state index is 0. The van der Waals surface area contributed by atoms with Crippen molar-refractivity contribution < 1.29 is 4.74 Å². The van der Waals surface area contributed by atoms with Crippen LogP contribution in [0, 0.1) is 5.92 Å². The predicted octanol–water partition coefficient (Wildman–Crippen LogP) is 2.23. The number of ether oxygens (including phenoxy) is 1. The number of halogens is 1. The standard InChI is InChI=1S/C17H30N6OS.HI/c1-3-15-20-17(25-21-15)23-9-7-22(8-10-23)16(18-4-2)19-13-14-5-11-24-12-6-14;/h14H,3-13H2,1-2H3,(H,18,19);1H. The van der Waals surface area contributed by atoms with Crippen LogP contribution in [0.5, 0.6) is 0 Å². The van der Waals surface area contributed by atoms with Crippen LogP contribution in [0.2, 0.25) is 0 Å². The van der Waals surface area contributed by atoms with Gasteiger partial charge in [0.15, 0.2) is 5.96 Å². The molecule has 2 saturated heterocycles. The Balaban J connectivity index is 0.00000243. The monoisotopic (exact) mass is 494 g/mol. The molecule has 26 heavy (non-hydrogen) atoms. The molecule has 9 heteroatoms. The number of aliphatic imine (C=N–C) groups is 1. The molecule has 0 amide bonds. The topological polar surface area (TPSA) is 65.9 Å². The number of nitrogens with one attached hydrogen (secondary N) is 1. The molecule has 0 unspecified atom stereocenters. The summed E-state index contributed by atoms with van der Waals surface area (Å²) in [4.78, 5) is 14.2. The largest absolute Gasteiger partial charge is 0.381 e. The Bertz CT molecular complexity index is 555. The first-order valence-electron chi connectivity index (χ1n) is 9.48. The Hall–Kier alpha value is -0.680. The van der Waals surface area contributed by atoms with Crippen molar-refractivity contribution in [1.29, 1.82) is 0 Å². The van der Waals surface area contributed by atoms with Crippen LogP contribution in [-0.4, -0.2) is 72.7 Å². The van der Waals surface area contributed by atoms with E-state index in [1.54, 1.807) is 0 Å². The van der Waals surface area contributed by atoms with Crippen molar-refractivity contribution in [3.63, 3.8) is 0 Å². The highest BCUT2D eigenvalue weighted by atomic mass is 127. The Morgan fingerprint density at radius 3 is 2.58 bits per heavy atom. The average Bonchev–Trinajstić information content (AvgIpc) is 3.15. The third-order valence-corrected chi connectivity index (χ3v) is 5.61. The zero-order chi connectivity index (χ0) is 17.5. The van der Waals surface area contributed by atoms with Crippen LogP contribution in [0.1, 0.15) is 32.5 Å². The molecule has 2 aliphatic rings. The molecule has 0 aromatic carbocycles. The van der Waals surface area contributed by atoms with Gasteiger partial charge in [-0.3, -0.25) is 4.99 Å². The van der Waals surface area contributed by atoms with Crippen molar-refractivity contribution in [2.45, 2.75) is 33.1 Å². The second kappa shape index (κ2) is 11.2. The summed E-state index contributed by atoms with van der Waals surface area (Å²) in [6.45, 7) is 11.7. The molecule has 1 aromatic rings. The van der Waals surface area contributed by atoms with Gasteiger partial charge in [-0.05, 0) is 25.7 Å². The molecule has 1 N–H and O–H groups in total. The van der Waals surface area contributed by atoms with Gasteiger partial charge in [-0.25, -0.2) is 4.98 Å². The van der Waals surface area contributed by atoms with Gasteiger partial charge in [-0.1, -0.05) is 6.92 Å². The summed E-state index contributed by atoms with van der Waals surface area (Å²) in [5.41, 5.74) is 0. The molecular formula is C17H31IN6OS. The van der Waals surface area contributed by atoms with Gasteiger partial charge >= 0.3 is 0 Å². The van der Waals surface area contributed by atoms with Gasteiger partial charge in [0.2, 0.25) is 5.13 Å². The second-order valence-corrected chi connectivity index (χ2v) is 7.30. The molecular weight excluding hydrogens is 463 g/mol. The molecule has 0 atom stereocenters. The number of aromatic nitrogens is 2. The lowest BCUT2D eigenvalue weighted by molar-refractivity contribution is 0.0688. The van der Waals surface area contributed by atoms with E-state index in [0.29, 0.717) is 5.92 Å². The highest BCUT2D eigenvalue weighted by Gasteiger charge is 2.22. The van der Waals surface area contributed by atoms with Crippen molar-refractivity contribution in [3.05, 3.63) is 5.82 Å². The number of piperazine rings is 1. The predicted molar refractivity (Wildman–Crippen MR) is 118 cm³/mol. The Labute approximate surface area is 177 Å². The van der Waals surface area contributed by atoms with Gasteiger partial charge in [-0.2, -0.15) is 4.37 Å². The number of rotatable bonds is 5. The third kappa shape index (κ3) is 5.91. The van der Waals surface area contributed by atoms with Crippen molar-refractivity contribution in [1.82, 2.24) is 19.6 Å². The highest BCUT2D eigenvalue weighted by Crippen LogP contribution is 2.19. The van der Waals surface area contributed by atoms with E-state index in [9.17, 15) is 0 Å². The average molecular weight is 494 g/mol. The first-order chi connectivity index (χ1) is 12.3. The van der Waals surface area contributed by atoms with E-state index >= 15 is 0 Å². The van der Waals surface area contributed by atoms with Gasteiger partial charge in [0.25, 0.3) is 0 Å². The van der Waals surface area contributed by atoms with E-state index in [-0.39, 0.29) is 24.0 Å². The fourth-order valence-electron chi connectivity index (χ4n) is 3.20. The molecule has 0 spiro atoms. The lowest BCUT2D eigenvalue weighted by atomic mass is 10.0. The maximum Gasteiger partial charge on any atom is 0.205 e. The number of hydrogen-bond donors (Lipinski definition) is 1. The lowest BCUT2D eigenvalue weighted by Crippen LogP contribution is -2.52. The molecule has 2 aliphatic heterocycles. The second-order valence-electron chi connectivity index (χ2n) is 6.57. The van der Waals surface area contributed by atoms with Crippen LogP contribution in [0.25, 0.3) is 0 Å². The maximum absolute atomic E-state index is 5.44. The van der Waals surface area contributed by atoms with E-state index in [2.05, 4.69) is 38.3 Å². The Morgan fingerprint density at radius 1 is 1.23 bits per heavy atom. The molecule has 1 aromatic heterocycles. The fraction of sp³-hybridized carbons (Fsp3) is 0.824. The molecule has 0 bridgehead atoms. The number of aryl methyl sites for hydroxylation is 1. The number of guanidine groups is 1. The maximum atomic E-state index is 5.44. The number of hydrogen-bond acceptors (Lipinski definition) is 6. The molecule has 3 heterocycles. The van der Waals surface area contributed by atoms with Crippen LogP contribution >= 0.6 is 35.5 Å². The summed E-state index contributed by atoms with van der Waals surface area (Å²) in [5, 5.41) is 4.52. The summed E-state index contributed by atoms with van der Waals surface area (Å²) in [5.74, 6) is 2.67. The van der Waals surface area contributed by atoms with Gasteiger partial charge < -0.3 is 19.9 Å². The van der Waals surface area contributed by atoms with Crippen LogP contribution < -0.4 is 10.2 Å². The minimum Gasteiger partial charge on any atom is -0.381 e. The molecule has 3 rings (SSSR count). The summed E-state index contributed by atoms with van der Waals surface area (Å²) in [6.07, 6.45) is 3.17. The summed E-state index contributed by atoms with van der Waals surface area (Å²) < 4.78 is 9.85. The van der Waals surface area contributed by atoms with Gasteiger partial charge in [0, 0.05) is 70.4 Å². The normalized spacial score (nSPS) is 19.4. The molecule has 7 nitrogen and oxygen atoms in total. The Kier molecular flexibility index (Phi) is 9.34. The van der Waals surface area contributed by atoms with E-state index in [4.69, 9.17) is 9.73 Å². The van der Waals surface area contributed by atoms with Crippen molar-refractivity contribution in [2.75, 3.05) is 57.4 Å². The van der Waals surface area contributed by atoms with Crippen molar-refractivity contribution >= 4 is 46.6 Å². The third-order valence-electron chi connectivity index (χ3n) is 4.80. The van der Waals surface area contributed by atoms with E-state index in [1.807, 2.05) is 0 Å². The number of nitrogens with zero attached hydrogens (tertiary/aromatic N) is 5. The van der Waals surface area contributed by atoms with E-state index in [1.165, 1.54) is 11.5 Å². The van der Waals surface area contributed by atoms with Crippen LogP contribution in [0.4, 0.5) is 5.13 Å². The molecule has 2 fully saturated rings. The lowest BCUT2D eigenvalue weighted by Gasteiger charge is -2.36. The van der Waals surface area contributed by atoms with Gasteiger partial charge in [0.1, 0.15) is 5.82 Å². The molecule has 148 valence electrons. The van der Waals surface area contributed by atoms with Gasteiger partial charge in [0.05, 0.1) is 0 Å². The van der Waals surface area contributed by atoms with Crippen LogP contribution in [0.15, 0.2) is 4.99 Å². The first-order valence-corrected chi connectivity index (χ1v) is 10.3. The summed E-state index contributed by atoms with van der Waals surface area (Å²) in [6, 6.07) is 0. The zero-order valence-electron chi connectivity index (χ0n) is 15.8. The molecule has 0 radical (unpaired) electrons. The summed E-state index contributed by atoms with van der Waals surface area (Å²) >= 11 is 1.52. The summed E-state index contributed by atoms with van der Waals surface area (Å²) in [7, 11) is 0. The smallest absolute Gasteiger partial charge is 0.205 e. The van der Waals surface area contributed by atoms with E-state index < -0.39 is 0 Å². The first kappa shape index (κ1) is 21.6. The fourth-order valence-corrected chi connectivity index (χ4v) is 4.00. The van der Waals surface area contributed by atoms with Crippen molar-refractivity contribution in [3.8, 4) is 0 Å². The number of anilines is 1. The molecule has 0 aliphatic carbocycles. The van der Waals surface area contributed by atoms with Gasteiger partial charge in [-0.15, -0.1) is 24.0 Å². The highest BCUT2D eigenvalue weighted by molar-refractivity contribution is 14.0. The quantitative estimate of drug-likeness (QED) is 0.385. The zero-order valence-corrected chi connectivity index (χ0v) is 19.0. The Morgan fingerprint density at radius 2 is 1.96 bits per heavy atom. The van der Waals surface area contributed by atoms with E-state index in [0.717, 1.165) is 88.7 Å². The van der Waals surface area contributed by atoms with Crippen LogP contribution in [-0.2, 0) is 11.2 Å². The molecule has 0 saturated carbocycles.